The van der Waals surface area contributed by atoms with Crippen LogP contribution in [0.15, 0.2) is 24.4 Å². The van der Waals surface area contributed by atoms with E-state index in [1.165, 1.54) is 27.6 Å². The summed E-state index contributed by atoms with van der Waals surface area (Å²) in [5, 5.41) is 5.68. The number of halogens is 1. The molecular formula is C16H18IN2O2P. The van der Waals surface area contributed by atoms with Crippen LogP contribution in [0.25, 0.3) is 16.5 Å². The van der Waals surface area contributed by atoms with Crippen LogP contribution >= 0.6 is 28.4 Å². The van der Waals surface area contributed by atoms with E-state index in [1.807, 2.05) is 6.20 Å². The van der Waals surface area contributed by atoms with Gasteiger partial charge in [0.25, 0.3) is 0 Å². The van der Waals surface area contributed by atoms with Crippen LogP contribution in [0.2, 0.25) is 0 Å². The van der Waals surface area contributed by atoms with E-state index in [0.717, 1.165) is 32.5 Å². The van der Waals surface area contributed by atoms with Crippen LogP contribution in [0, 0.1) is 6.92 Å². The Labute approximate surface area is 144 Å². The van der Waals surface area contributed by atoms with E-state index in [2.05, 4.69) is 56.7 Å². The maximum atomic E-state index is 5.81. The van der Waals surface area contributed by atoms with Crippen molar-refractivity contribution >= 4 is 44.9 Å². The molecule has 2 aliphatic rings. The molecule has 1 fully saturated rings. The van der Waals surface area contributed by atoms with Gasteiger partial charge in [0.15, 0.2) is 5.79 Å². The largest absolute Gasteiger partial charge is 0.347 e. The van der Waals surface area contributed by atoms with Crippen molar-refractivity contribution in [2.45, 2.75) is 32.0 Å². The monoisotopic (exact) mass is 428 g/mol. The highest BCUT2D eigenvalue weighted by Crippen LogP contribution is 2.40. The molecule has 0 amide bonds. The lowest BCUT2D eigenvalue weighted by molar-refractivity contribution is -0.159. The van der Waals surface area contributed by atoms with Gasteiger partial charge in [-0.25, -0.2) is 4.45 Å². The molecule has 0 saturated carbocycles. The van der Waals surface area contributed by atoms with Gasteiger partial charge in [0.2, 0.25) is 0 Å². The lowest BCUT2D eigenvalue weighted by atomic mass is 9.87. The fourth-order valence-electron chi connectivity index (χ4n) is 3.41. The Hall–Kier alpha value is -0.490. The second-order valence-corrected chi connectivity index (χ2v) is 7.95. The summed E-state index contributed by atoms with van der Waals surface area (Å²) in [5.74, 6) is -0.340. The molecule has 6 heteroatoms. The number of hydrogen-bond acceptors (Lipinski definition) is 3. The van der Waals surface area contributed by atoms with Gasteiger partial charge in [-0.15, -0.1) is 0 Å². The molecule has 4 nitrogen and oxygen atoms in total. The number of benzene rings is 1. The Morgan fingerprint density at radius 2 is 2.14 bits per heavy atom. The minimum Gasteiger partial charge on any atom is -0.347 e. The van der Waals surface area contributed by atoms with Crippen LogP contribution in [0.4, 0.5) is 0 Å². The van der Waals surface area contributed by atoms with E-state index >= 15 is 0 Å². The number of nitrogens with zero attached hydrogens (tertiary/aromatic N) is 2. The van der Waals surface area contributed by atoms with Crippen molar-refractivity contribution in [1.29, 1.82) is 0 Å². The van der Waals surface area contributed by atoms with Crippen molar-refractivity contribution in [2.75, 3.05) is 13.2 Å². The molecule has 2 heterocycles. The summed E-state index contributed by atoms with van der Waals surface area (Å²) in [6, 6.07) is 4.54. The third kappa shape index (κ3) is 2.52. The molecule has 1 spiro atoms. The zero-order valence-electron chi connectivity index (χ0n) is 12.4. The number of hydrogen-bond donors (Lipinski definition) is 0. The molecule has 1 saturated heterocycles. The summed E-state index contributed by atoms with van der Waals surface area (Å²) in [6.07, 6.45) is 7.70. The number of fused-ring (bicyclic) bond motifs is 1. The normalized spacial score (nSPS) is 21.3. The molecule has 4 rings (SSSR count). The van der Waals surface area contributed by atoms with Crippen molar-refractivity contribution in [1.82, 2.24) is 9.55 Å². The molecule has 0 radical (unpaired) electrons. The quantitative estimate of drug-likeness (QED) is 0.524. The third-order valence-electron chi connectivity index (χ3n) is 4.59. The molecule has 1 aromatic carbocycles. The molecule has 1 atom stereocenters. The molecule has 0 bridgehead atoms. The summed E-state index contributed by atoms with van der Waals surface area (Å²) in [4.78, 5) is 0. The van der Waals surface area contributed by atoms with E-state index < -0.39 is 0 Å². The van der Waals surface area contributed by atoms with Gasteiger partial charge in [-0.2, -0.15) is 5.10 Å². The van der Waals surface area contributed by atoms with E-state index in [4.69, 9.17) is 9.47 Å². The van der Waals surface area contributed by atoms with Crippen molar-refractivity contribution in [3.63, 3.8) is 0 Å². The smallest absolute Gasteiger partial charge is 0.172 e. The van der Waals surface area contributed by atoms with Crippen LogP contribution in [0.5, 0.6) is 0 Å². The van der Waals surface area contributed by atoms with Gasteiger partial charge < -0.3 is 9.47 Å². The molecule has 2 aromatic rings. The van der Waals surface area contributed by atoms with Crippen LogP contribution in [0.1, 0.15) is 30.4 Å². The van der Waals surface area contributed by atoms with Gasteiger partial charge in [0, 0.05) is 18.2 Å². The van der Waals surface area contributed by atoms with Gasteiger partial charge in [0.1, 0.15) is 0 Å². The van der Waals surface area contributed by atoms with Crippen molar-refractivity contribution in [2.24, 2.45) is 0 Å². The lowest BCUT2D eigenvalue weighted by Crippen LogP contribution is -2.31. The number of aromatic nitrogens is 2. The number of allylic oxidation sites excluding steroid dienone is 1. The highest BCUT2D eigenvalue weighted by atomic mass is 127. The van der Waals surface area contributed by atoms with Crippen LogP contribution < -0.4 is 0 Å². The third-order valence-corrected chi connectivity index (χ3v) is 6.48. The molecule has 1 unspecified atom stereocenters. The molecule has 1 aromatic heterocycles. The van der Waals surface area contributed by atoms with Crippen LogP contribution in [-0.4, -0.2) is 28.6 Å². The standard InChI is InChI=1S/C16H18IN2O2P/c1-11-8-13-10-18-19(22-17)15(13)9-14(11)12-2-4-16(5-3-12)20-6-7-21-16/h2,8-10,22H,3-7H2,1H3. The van der Waals surface area contributed by atoms with E-state index in [1.54, 1.807) is 0 Å². The van der Waals surface area contributed by atoms with Gasteiger partial charge in [-0.3, -0.25) is 0 Å². The van der Waals surface area contributed by atoms with Crippen molar-refractivity contribution < 1.29 is 9.47 Å². The summed E-state index contributed by atoms with van der Waals surface area (Å²) in [6.45, 7) is 3.64. The number of ether oxygens (including phenoxy) is 2. The Morgan fingerprint density at radius 3 is 2.82 bits per heavy atom. The molecule has 22 heavy (non-hydrogen) atoms. The first-order chi connectivity index (χ1) is 10.7. The Bertz CT molecular complexity index is 750. The van der Waals surface area contributed by atoms with Gasteiger partial charge in [-0.1, -0.05) is 6.08 Å². The Kier molecular flexibility index (Phi) is 4.01. The minimum atomic E-state index is -0.340. The summed E-state index contributed by atoms with van der Waals surface area (Å²) < 4.78 is 13.7. The van der Waals surface area contributed by atoms with Gasteiger partial charge >= 0.3 is 0 Å². The number of rotatable bonds is 2. The van der Waals surface area contributed by atoms with Crippen molar-refractivity contribution in [3.8, 4) is 0 Å². The zero-order chi connectivity index (χ0) is 15.2. The minimum absolute atomic E-state index is 0.340. The SMILES string of the molecule is Cc1cc2cnn(PI)c2cc1C1=CCC2(CC1)OCCO2. The Balaban J connectivity index is 1.71. The van der Waals surface area contributed by atoms with Crippen LogP contribution in [-0.2, 0) is 9.47 Å². The average Bonchev–Trinajstić information content (AvgIpc) is 3.14. The highest BCUT2D eigenvalue weighted by molar-refractivity contribution is 14.2. The maximum Gasteiger partial charge on any atom is 0.172 e. The fourth-order valence-corrected chi connectivity index (χ4v) is 4.95. The van der Waals surface area contributed by atoms with E-state index in [0.29, 0.717) is 6.37 Å². The molecule has 0 N–H and O–H groups in total. The molecule has 1 aliphatic carbocycles. The predicted octanol–water partition coefficient (Wildman–Crippen LogP) is 4.45. The Morgan fingerprint density at radius 1 is 1.32 bits per heavy atom. The fraction of sp³-hybridized carbons (Fsp3) is 0.438. The molecule has 1 aliphatic heterocycles. The van der Waals surface area contributed by atoms with Gasteiger partial charge in [-0.05, 0) is 64.2 Å². The highest BCUT2D eigenvalue weighted by Gasteiger charge is 2.37. The maximum absolute atomic E-state index is 5.81. The average molecular weight is 428 g/mol. The van der Waals surface area contributed by atoms with E-state index in [-0.39, 0.29) is 5.79 Å². The zero-order valence-corrected chi connectivity index (χ0v) is 15.6. The summed E-state index contributed by atoms with van der Waals surface area (Å²) >= 11 is 2.37. The van der Waals surface area contributed by atoms with Crippen molar-refractivity contribution in [3.05, 3.63) is 35.5 Å². The van der Waals surface area contributed by atoms with Gasteiger partial charge in [0.05, 0.1) is 31.3 Å². The molecule has 116 valence electrons. The second kappa shape index (κ2) is 5.86. The van der Waals surface area contributed by atoms with E-state index in [9.17, 15) is 0 Å². The second-order valence-electron chi connectivity index (χ2n) is 5.91. The first-order valence-corrected chi connectivity index (χ1v) is 11.6. The summed E-state index contributed by atoms with van der Waals surface area (Å²) in [7, 11) is 0. The first kappa shape index (κ1) is 15.1. The predicted molar refractivity (Wildman–Crippen MR) is 98.7 cm³/mol. The topological polar surface area (TPSA) is 36.3 Å². The number of aryl methyl sites for hydroxylation is 1. The summed E-state index contributed by atoms with van der Waals surface area (Å²) in [5.41, 5.74) is 5.30. The lowest BCUT2D eigenvalue weighted by Gasteiger charge is -2.31. The van der Waals surface area contributed by atoms with Crippen LogP contribution in [0.3, 0.4) is 0 Å². The first-order valence-electron chi connectivity index (χ1n) is 7.53. The molecular weight excluding hydrogens is 410 g/mol.